The maximum atomic E-state index is 11.7. The lowest BCUT2D eigenvalue weighted by Crippen LogP contribution is -2.52. The van der Waals surface area contributed by atoms with E-state index in [1.807, 2.05) is 48.5 Å². The van der Waals surface area contributed by atoms with E-state index >= 15 is 0 Å². The molecule has 0 radical (unpaired) electrons. The van der Waals surface area contributed by atoms with E-state index in [-0.39, 0.29) is 23.6 Å². The van der Waals surface area contributed by atoms with E-state index in [2.05, 4.69) is 16.7 Å². The second kappa shape index (κ2) is 8.56. The van der Waals surface area contributed by atoms with Crippen molar-refractivity contribution in [3.63, 3.8) is 0 Å². The van der Waals surface area contributed by atoms with E-state index < -0.39 is 6.10 Å². The van der Waals surface area contributed by atoms with Gasteiger partial charge in [-0.05, 0) is 37.3 Å². The van der Waals surface area contributed by atoms with Gasteiger partial charge in [-0.15, -0.1) is 0 Å². The Balaban J connectivity index is 1.44. The number of amides is 1. The van der Waals surface area contributed by atoms with E-state index in [0.717, 1.165) is 36.1 Å². The smallest absolute Gasteiger partial charge is 0.217 e. The van der Waals surface area contributed by atoms with Gasteiger partial charge in [-0.2, -0.15) is 0 Å². The van der Waals surface area contributed by atoms with E-state index in [0.29, 0.717) is 13.0 Å². The van der Waals surface area contributed by atoms with Crippen LogP contribution in [-0.2, 0) is 11.2 Å². The Bertz CT molecular complexity index is 835. The Kier molecular flexibility index (Phi) is 5.88. The van der Waals surface area contributed by atoms with Crippen molar-refractivity contribution in [1.29, 1.82) is 0 Å². The third-order valence-electron chi connectivity index (χ3n) is 6.19. The van der Waals surface area contributed by atoms with Crippen LogP contribution in [-0.4, -0.2) is 35.3 Å². The highest BCUT2D eigenvalue weighted by molar-refractivity contribution is 5.73. The number of carbonyl (C=O) groups is 1. The summed E-state index contributed by atoms with van der Waals surface area (Å²) in [6.45, 7) is 1.90. The van der Waals surface area contributed by atoms with Gasteiger partial charge in [-0.1, -0.05) is 48.5 Å². The molecule has 4 rings (SSSR count). The van der Waals surface area contributed by atoms with Gasteiger partial charge in [0.15, 0.2) is 0 Å². The fourth-order valence-corrected chi connectivity index (χ4v) is 4.50. The molecule has 1 heterocycles. The second-order valence-corrected chi connectivity index (χ2v) is 8.41. The lowest BCUT2D eigenvalue weighted by Gasteiger charge is -2.48. The van der Waals surface area contributed by atoms with Crippen LogP contribution >= 0.6 is 0 Å². The van der Waals surface area contributed by atoms with Crippen LogP contribution in [0.2, 0.25) is 0 Å². The molecular formula is C24H30N2O3. The molecule has 5 heteroatoms. The first-order chi connectivity index (χ1) is 14.0. The number of aliphatic hydroxyl groups excluding tert-OH is 1. The summed E-state index contributed by atoms with van der Waals surface area (Å²) in [5.74, 6) is 0.822. The molecule has 1 aliphatic heterocycles. The molecule has 2 aliphatic rings. The first-order valence-electron chi connectivity index (χ1n) is 10.6. The molecule has 1 spiro atoms. The lowest BCUT2D eigenvalue weighted by atomic mass is 9.73. The summed E-state index contributed by atoms with van der Waals surface area (Å²) in [6, 6.07) is 17.9. The number of ether oxygens (including phenoxy) is 1. The second-order valence-electron chi connectivity index (χ2n) is 8.41. The van der Waals surface area contributed by atoms with Crippen molar-refractivity contribution in [2.45, 2.75) is 62.8 Å². The summed E-state index contributed by atoms with van der Waals surface area (Å²) in [5, 5.41) is 17.4. The van der Waals surface area contributed by atoms with Crippen LogP contribution in [0.3, 0.4) is 0 Å². The molecule has 0 saturated heterocycles. The Labute approximate surface area is 172 Å². The molecule has 3 N–H and O–H groups in total. The van der Waals surface area contributed by atoms with Gasteiger partial charge in [0.2, 0.25) is 5.91 Å². The summed E-state index contributed by atoms with van der Waals surface area (Å²) in [6.07, 6.45) is 4.21. The van der Waals surface area contributed by atoms with E-state index in [1.54, 1.807) is 0 Å². The van der Waals surface area contributed by atoms with Crippen LogP contribution in [0, 0.1) is 0 Å². The van der Waals surface area contributed by atoms with E-state index in [4.69, 9.17) is 4.74 Å². The predicted octanol–water partition coefficient (Wildman–Crippen LogP) is 3.13. The van der Waals surface area contributed by atoms with Crippen molar-refractivity contribution in [2.75, 3.05) is 6.54 Å². The van der Waals surface area contributed by atoms with Gasteiger partial charge in [-0.3, -0.25) is 4.79 Å². The van der Waals surface area contributed by atoms with Crippen molar-refractivity contribution < 1.29 is 14.6 Å². The lowest BCUT2D eigenvalue weighted by molar-refractivity contribution is -0.120. The van der Waals surface area contributed by atoms with Gasteiger partial charge in [0.25, 0.3) is 0 Å². The molecule has 3 atom stereocenters. The normalized spacial score (nSPS) is 21.4. The Hall–Kier alpha value is -2.37. The highest BCUT2D eigenvalue weighted by Crippen LogP contribution is 2.48. The molecular weight excluding hydrogens is 364 g/mol. The molecule has 0 unspecified atom stereocenters. The molecule has 1 fully saturated rings. The van der Waals surface area contributed by atoms with Gasteiger partial charge in [0, 0.05) is 31.5 Å². The van der Waals surface area contributed by atoms with Crippen molar-refractivity contribution >= 4 is 5.91 Å². The SMILES string of the molecule is CC(=O)N[C@@H](Cc1ccccc1)[C@H](O)CN[C@H]1CC2(CCC2)Oc2ccccc21. The van der Waals surface area contributed by atoms with Gasteiger partial charge < -0.3 is 20.5 Å². The van der Waals surface area contributed by atoms with Crippen LogP contribution < -0.4 is 15.4 Å². The average molecular weight is 395 g/mol. The molecule has 2 aromatic rings. The monoisotopic (exact) mass is 394 g/mol. The summed E-state index contributed by atoms with van der Waals surface area (Å²) in [7, 11) is 0. The number of aliphatic hydroxyl groups is 1. The first-order valence-corrected chi connectivity index (χ1v) is 10.6. The van der Waals surface area contributed by atoms with Crippen molar-refractivity contribution in [1.82, 2.24) is 10.6 Å². The largest absolute Gasteiger partial charge is 0.487 e. The Morgan fingerprint density at radius 2 is 1.90 bits per heavy atom. The fraction of sp³-hybridized carbons (Fsp3) is 0.458. The van der Waals surface area contributed by atoms with Crippen LogP contribution in [0.1, 0.15) is 49.8 Å². The molecule has 1 saturated carbocycles. The standard InChI is InChI=1S/C24H30N2O3/c1-17(27)26-20(14-18-8-3-2-4-9-18)22(28)16-25-21-15-24(12-7-13-24)29-23-11-6-5-10-19(21)23/h2-6,8-11,20-22,25,28H,7,12-16H2,1H3,(H,26,27)/t20-,21-,22+/m0/s1. The Morgan fingerprint density at radius 3 is 2.59 bits per heavy atom. The molecule has 1 amide bonds. The topological polar surface area (TPSA) is 70.6 Å². The van der Waals surface area contributed by atoms with Gasteiger partial charge in [-0.25, -0.2) is 0 Å². The summed E-state index contributed by atoms with van der Waals surface area (Å²) in [4.78, 5) is 11.7. The zero-order valence-corrected chi connectivity index (χ0v) is 16.9. The zero-order chi connectivity index (χ0) is 20.3. The maximum Gasteiger partial charge on any atom is 0.217 e. The molecule has 1 aliphatic carbocycles. The average Bonchev–Trinajstić information content (AvgIpc) is 2.70. The number of fused-ring (bicyclic) bond motifs is 1. The molecule has 0 bridgehead atoms. The van der Waals surface area contributed by atoms with Crippen LogP contribution in [0.25, 0.3) is 0 Å². The molecule has 29 heavy (non-hydrogen) atoms. The first kappa shape index (κ1) is 19.9. The quantitative estimate of drug-likeness (QED) is 0.675. The third-order valence-corrected chi connectivity index (χ3v) is 6.19. The number of nitrogens with one attached hydrogen (secondary N) is 2. The van der Waals surface area contributed by atoms with Crippen LogP contribution in [0.4, 0.5) is 0 Å². The van der Waals surface area contributed by atoms with Gasteiger partial charge >= 0.3 is 0 Å². The van der Waals surface area contributed by atoms with Crippen LogP contribution in [0.15, 0.2) is 54.6 Å². The number of hydrogen-bond donors (Lipinski definition) is 3. The number of rotatable bonds is 7. The summed E-state index contributed by atoms with van der Waals surface area (Å²) < 4.78 is 6.31. The van der Waals surface area contributed by atoms with Crippen molar-refractivity contribution in [3.05, 3.63) is 65.7 Å². The van der Waals surface area contributed by atoms with Crippen molar-refractivity contribution in [3.8, 4) is 5.75 Å². The van der Waals surface area contributed by atoms with E-state index in [1.165, 1.54) is 13.3 Å². The molecule has 154 valence electrons. The molecule has 2 aromatic carbocycles. The minimum absolute atomic E-state index is 0.0575. The van der Waals surface area contributed by atoms with Crippen molar-refractivity contribution in [2.24, 2.45) is 0 Å². The molecule has 5 nitrogen and oxygen atoms in total. The number of benzene rings is 2. The summed E-state index contributed by atoms with van der Waals surface area (Å²) in [5.41, 5.74) is 2.18. The van der Waals surface area contributed by atoms with E-state index in [9.17, 15) is 9.90 Å². The molecule has 0 aromatic heterocycles. The predicted molar refractivity (Wildman–Crippen MR) is 113 cm³/mol. The zero-order valence-electron chi connectivity index (χ0n) is 16.9. The number of carbonyl (C=O) groups excluding carboxylic acids is 1. The third kappa shape index (κ3) is 4.62. The summed E-state index contributed by atoms with van der Waals surface area (Å²) >= 11 is 0. The van der Waals surface area contributed by atoms with Gasteiger partial charge in [0.1, 0.15) is 11.4 Å². The van der Waals surface area contributed by atoms with Gasteiger partial charge in [0.05, 0.1) is 12.1 Å². The highest BCUT2D eigenvalue weighted by atomic mass is 16.5. The number of para-hydroxylation sites is 1. The maximum absolute atomic E-state index is 11.7. The fourth-order valence-electron chi connectivity index (χ4n) is 4.50. The minimum Gasteiger partial charge on any atom is -0.487 e. The minimum atomic E-state index is -0.688. The number of hydrogen-bond acceptors (Lipinski definition) is 4. The highest BCUT2D eigenvalue weighted by Gasteiger charge is 2.45. The van der Waals surface area contributed by atoms with Crippen LogP contribution in [0.5, 0.6) is 5.75 Å². The Morgan fingerprint density at radius 1 is 1.17 bits per heavy atom.